The molecule has 0 aliphatic heterocycles. The fourth-order valence-electron chi connectivity index (χ4n) is 2.65. The molecule has 0 aliphatic carbocycles. The molecule has 2 aromatic rings. The standard InChI is InChI=1S/C16H24ClN3S/c1-5-12-15(17)14(20(7-3)19-12)10-13(18-6-2)16-11(4)8-9-21-16/h8-9,13,18H,5-7,10H2,1-4H3. The van der Waals surface area contributed by atoms with Crippen LogP contribution in [0.2, 0.25) is 5.02 Å². The predicted molar refractivity (Wildman–Crippen MR) is 91.5 cm³/mol. The molecule has 0 saturated heterocycles. The van der Waals surface area contributed by atoms with Gasteiger partial charge in [0.1, 0.15) is 0 Å². The quantitative estimate of drug-likeness (QED) is 0.818. The minimum atomic E-state index is 0.305. The third-order valence-electron chi connectivity index (χ3n) is 3.76. The summed E-state index contributed by atoms with van der Waals surface area (Å²) in [5, 5.41) is 11.2. The fourth-order valence-corrected chi connectivity index (χ4v) is 4.00. The molecule has 0 aromatic carbocycles. The Hall–Kier alpha value is -0.840. The maximum Gasteiger partial charge on any atom is 0.0850 e. The van der Waals surface area contributed by atoms with Gasteiger partial charge in [0.2, 0.25) is 0 Å². The number of hydrogen-bond acceptors (Lipinski definition) is 3. The van der Waals surface area contributed by atoms with Crippen molar-refractivity contribution in [3.63, 3.8) is 0 Å². The van der Waals surface area contributed by atoms with Crippen LogP contribution in [0.4, 0.5) is 0 Å². The summed E-state index contributed by atoms with van der Waals surface area (Å²) < 4.78 is 2.05. The summed E-state index contributed by atoms with van der Waals surface area (Å²) in [6.45, 7) is 10.3. The van der Waals surface area contributed by atoms with Crippen LogP contribution >= 0.6 is 22.9 Å². The van der Waals surface area contributed by atoms with Gasteiger partial charge in [0.15, 0.2) is 0 Å². The van der Waals surface area contributed by atoms with Crippen molar-refractivity contribution < 1.29 is 0 Å². The van der Waals surface area contributed by atoms with E-state index in [2.05, 4.69) is 54.2 Å². The van der Waals surface area contributed by atoms with Crippen LogP contribution < -0.4 is 5.32 Å². The molecule has 1 unspecified atom stereocenters. The molecular weight excluding hydrogens is 302 g/mol. The summed E-state index contributed by atoms with van der Waals surface area (Å²) >= 11 is 8.36. The van der Waals surface area contributed by atoms with Crippen molar-refractivity contribution >= 4 is 22.9 Å². The van der Waals surface area contributed by atoms with Crippen LogP contribution in [0.15, 0.2) is 11.4 Å². The Balaban J connectivity index is 2.33. The van der Waals surface area contributed by atoms with Crippen molar-refractivity contribution in [2.75, 3.05) is 6.54 Å². The Bertz CT molecular complexity index is 588. The zero-order chi connectivity index (χ0) is 15.4. The number of halogens is 1. The van der Waals surface area contributed by atoms with Gasteiger partial charge in [-0.05, 0) is 43.8 Å². The number of nitrogens with one attached hydrogen (secondary N) is 1. The molecule has 2 heterocycles. The van der Waals surface area contributed by atoms with Gasteiger partial charge in [-0.2, -0.15) is 5.10 Å². The summed E-state index contributed by atoms with van der Waals surface area (Å²) in [5.41, 5.74) is 3.50. The molecule has 0 radical (unpaired) electrons. The van der Waals surface area contributed by atoms with Gasteiger partial charge in [-0.3, -0.25) is 4.68 Å². The predicted octanol–water partition coefficient (Wildman–Crippen LogP) is 4.38. The van der Waals surface area contributed by atoms with Gasteiger partial charge < -0.3 is 5.32 Å². The summed E-state index contributed by atoms with van der Waals surface area (Å²) in [5.74, 6) is 0. The molecule has 2 aromatic heterocycles. The van der Waals surface area contributed by atoms with Crippen molar-refractivity contribution in [3.8, 4) is 0 Å². The Morgan fingerprint density at radius 1 is 1.38 bits per heavy atom. The Labute approximate surface area is 136 Å². The van der Waals surface area contributed by atoms with E-state index in [1.165, 1.54) is 10.4 Å². The average molecular weight is 326 g/mol. The minimum absolute atomic E-state index is 0.305. The van der Waals surface area contributed by atoms with Crippen molar-refractivity contribution in [2.45, 2.75) is 53.1 Å². The van der Waals surface area contributed by atoms with E-state index in [0.29, 0.717) is 6.04 Å². The van der Waals surface area contributed by atoms with Gasteiger partial charge in [-0.1, -0.05) is 25.4 Å². The summed E-state index contributed by atoms with van der Waals surface area (Å²) in [7, 11) is 0. The monoisotopic (exact) mass is 325 g/mol. The first-order valence-electron chi connectivity index (χ1n) is 7.63. The van der Waals surface area contributed by atoms with E-state index >= 15 is 0 Å². The first-order valence-corrected chi connectivity index (χ1v) is 8.89. The molecular formula is C16H24ClN3S. The van der Waals surface area contributed by atoms with Crippen LogP contribution in [0.1, 0.15) is 48.6 Å². The molecule has 0 spiro atoms. The van der Waals surface area contributed by atoms with E-state index in [-0.39, 0.29) is 0 Å². The van der Waals surface area contributed by atoms with Crippen LogP contribution in [0.3, 0.4) is 0 Å². The number of aromatic nitrogens is 2. The van der Waals surface area contributed by atoms with Crippen molar-refractivity contribution in [3.05, 3.63) is 38.3 Å². The highest BCUT2D eigenvalue weighted by atomic mass is 35.5. The fraction of sp³-hybridized carbons (Fsp3) is 0.562. The Morgan fingerprint density at radius 3 is 2.67 bits per heavy atom. The first-order chi connectivity index (χ1) is 10.1. The molecule has 3 nitrogen and oxygen atoms in total. The molecule has 21 heavy (non-hydrogen) atoms. The van der Waals surface area contributed by atoms with Gasteiger partial charge in [-0.15, -0.1) is 11.3 Å². The number of thiophene rings is 1. The number of nitrogens with zero attached hydrogens (tertiary/aromatic N) is 2. The van der Waals surface area contributed by atoms with Gasteiger partial charge in [-0.25, -0.2) is 0 Å². The third kappa shape index (κ3) is 3.50. The number of hydrogen-bond donors (Lipinski definition) is 1. The second-order valence-corrected chi connectivity index (χ2v) is 6.48. The van der Waals surface area contributed by atoms with E-state index in [9.17, 15) is 0 Å². The largest absolute Gasteiger partial charge is 0.309 e. The third-order valence-corrected chi connectivity index (χ3v) is 5.33. The van der Waals surface area contributed by atoms with Crippen molar-refractivity contribution in [1.82, 2.24) is 15.1 Å². The zero-order valence-electron chi connectivity index (χ0n) is 13.2. The van der Waals surface area contributed by atoms with E-state index in [0.717, 1.165) is 42.3 Å². The highest BCUT2D eigenvalue weighted by Crippen LogP contribution is 2.30. The molecule has 2 rings (SSSR count). The smallest absolute Gasteiger partial charge is 0.0850 e. The number of aryl methyl sites for hydroxylation is 3. The summed E-state index contributed by atoms with van der Waals surface area (Å²) in [6, 6.07) is 2.49. The number of rotatable bonds is 7. The van der Waals surface area contributed by atoms with Crippen LogP contribution in [-0.4, -0.2) is 16.3 Å². The topological polar surface area (TPSA) is 29.9 Å². The highest BCUT2D eigenvalue weighted by molar-refractivity contribution is 7.10. The lowest BCUT2D eigenvalue weighted by Gasteiger charge is -2.18. The lowest BCUT2D eigenvalue weighted by atomic mass is 10.1. The van der Waals surface area contributed by atoms with Crippen molar-refractivity contribution in [2.24, 2.45) is 0 Å². The molecule has 1 atom stereocenters. The molecule has 1 N–H and O–H groups in total. The molecule has 0 bridgehead atoms. The molecule has 0 saturated carbocycles. The molecule has 0 fully saturated rings. The van der Waals surface area contributed by atoms with E-state index in [1.807, 2.05) is 11.3 Å². The second kappa shape index (κ2) is 7.43. The summed E-state index contributed by atoms with van der Waals surface area (Å²) in [4.78, 5) is 1.40. The molecule has 0 amide bonds. The van der Waals surface area contributed by atoms with Gasteiger partial charge in [0.25, 0.3) is 0 Å². The van der Waals surface area contributed by atoms with Crippen LogP contribution in [0.25, 0.3) is 0 Å². The van der Waals surface area contributed by atoms with Crippen LogP contribution in [0.5, 0.6) is 0 Å². The van der Waals surface area contributed by atoms with Crippen molar-refractivity contribution in [1.29, 1.82) is 0 Å². The van der Waals surface area contributed by atoms with E-state index in [1.54, 1.807) is 0 Å². The minimum Gasteiger partial charge on any atom is -0.309 e. The van der Waals surface area contributed by atoms with Gasteiger partial charge >= 0.3 is 0 Å². The number of likely N-dealkylation sites (N-methyl/N-ethyl adjacent to an activating group) is 1. The Morgan fingerprint density at radius 2 is 2.14 bits per heavy atom. The maximum absolute atomic E-state index is 6.55. The summed E-state index contributed by atoms with van der Waals surface area (Å²) in [6.07, 6.45) is 1.76. The van der Waals surface area contributed by atoms with Gasteiger partial charge in [0.05, 0.1) is 16.4 Å². The van der Waals surface area contributed by atoms with Crippen LogP contribution in [0, 0.1) is 6.92 Å². The molecule has 116 valence electrons. The van der Waals surface area contributed by atoms with Crippen LogP contribution in [-0.2, 0) is 19.4 Å². The average Bonchev–Trinajstić information content (AvgIpc) is 3.03. The van der Waals surface area contributed by atoms with E-state index < -0.39 is 0 Å². The molecule has 5 heteroatoms. The molecule has 0 aliphatic rings. The zero-order valence-corrected chi connectivity index (χ0v) is 14.8. The SMILES string of the molecule is CCNC(Cc1c(Cl)c(CC)nn1CC)c1sccc1C. The first kappa shape index (κ1) is 16.5. The lowest BCUT2D eigenvalue weighted by molar-refractivity contribution is 0.520. The lowest BCUT2D eigenvalue weighted by Crippen LogP contribution is -2.24. The highest BCUT2D eigenvalue weighted by Gasteiger charge is 2.21. The second-order valence-electron chi connectivity index (χ2n) is 5.16. The van der Waals surface area contributed by atoms with Gasteiger partial charge in [0, 0.05) is 23.9 Å². The normalized spacial score (nSPS) is 12.8. The maximum atomic E-state index is 6.55. The Kier molecular flexibility index (Phi) is 5.85. The van der Waals surface area contributed by atoms with E-state index in [4.69, 9.17) is 11.6 Å².